The van der Waals surface area contributed by atoms with Gasteiger partial charge in [0.05, 0.1) is 10.4 Å². The van der Waals surface area contributed by atoms with E-state index in [9.17, 15) is 0 Å². The zero-order valence-corrected chi connectivity index (χ0v) is 30.6. The van der Waals surface area contributed by atoms with Crippen LogP contribution in [0.15, 0.2) is 186 Å². The van der Waals surface area contributed by atoms with Crippen molar-refractivity contribution in [1.29, 1.82) is 0 Å². The van der Waals surface area contributed by atoms with Crippen LogP contribution in [0.5, 0.6) is 0 Å². The van der Waals surface area contributed by atoms with Crippen molar-refractivity contribution in [1.82, 2.24) is 4.98 Å². The van der Waals surface area contributed by atoms with Crippen molar-refractivity contribution in [3.05, 3.63) is 182 Å². The molecule has 5 heteroatoms. The van der Waals surface area contributed by atoms with Crippen LogP contribution in [-0.4, -0.2) is 4.98 Å². The van der Waals surface area contributed by atoms with Gasteiger partial charge in [-0.3, -0.25) is 0 Å². The maximum atomic E-state index is 6.52. The summed E-state index contributed by atoms with van der Waals surface area (Å²) in [4.78, 5) is 7.49. The van der Waals surface area contributed by atoms with Crippen LogP contribution in [0.3, 0.4) is 0 Å². The van der Waals surface area contributed by atoms with E-state index in [0.717, 1.165) is 50.2 Å². The van der Waals surface area contributed by atoms with Gasteiger partial charge in [0.1, 0.15) is 5.52 Å². The number of nitrogens with zero attached hydrogens (tertiary/aromatic N) is 2. The van der Waals surface area contributed by atoms with Crippen molar-refractivity contribution < 1.29 is 4.42 Å². The summed E-state index contributed by atoms with van der Waals surface area (Å²) in [6, 6.07) is 64.9. The molecule has 0 aliphatic rings. The van der Waals surface area contributed by atoms with Crippen LogP contribution in [0.2, 0.25) is 0 Å². The normalized spacial score (nSPS) is 11.7. The standard InChI is InChI=1S/C49H30N2OS2/c1-3-13-31(14-4-1)34-17-11-18-36(29-34)51(41-22-12-21-38-37-19-7-9-23-43(37)53-47(38)41)35-27-25-32(26-28-35)40-30-42-46(50-49(52-42)33-15-5-2-6-16-33)45-39-20-8-10-24-44(39)54-48(40)45/h1-30H. The largest absolute Gasteiger partial charge is 0.436 e. The minimum atomic E-state index is 0.637. The predicted molar refractivity (Wildman–Crippen MR) is 231 cm³/mol. The first kappa shape index (κ1) is 31.0. The van der Waals surface area contributed by atoms with Crippen LogP contribution in [0.4, 0.5) is 17.1 Å². The van der Waals surface area contributed by atoms with E-state index in [0.29, 0.717) is 5.89 Å². The predicted octanol–water partition coefficient (Wildman–Crippen LogP) is 15.0. The van der Waals surface area contributed by atoms with Crippen LogP contribution in [0.1, 0.15) is 0 Å². The number of oxazole rings is 1. The molecule has 0 radical (unpaired) electrons. The van der Waals surface area contributed by atoms with Gasteiger partial charge in [0, 0.05) is 58.1 Å². The lowest BCUT2D eigenvalue weighted by Gasteiger charge is -2.27. The van der Waals surface area contributed by atoms with Gasteiger partial charge in [-0.15, -0.1) is 22.7 Å². The Morgan fingerprint density at radius 3 is 1.87 bits per heavy atom. The molecule has 254 valence electrons. The average Bonchev–Trinajstić information content (AvgIpc) is 3.96. The number of thiophene rings is 2. The van der Waals surface area contributed by atoms with Crippen molar-refractivity contribution in [2.45, 2.75) is 0 Å². The molecule has 3 heterocycles. The number of anilines is 3. The summed E-state index contributed by atoms with van der Waals surface area (Å²) in [7, 11) is 0. The molecule has 0 saturated heterocycles. The van der Waals surface area contributed by atoms with Gasteiger partial charge in [-0.25, -0.2) is 4.98 Å². The first-order valence-electron chi connectivity index (χ1n) is 18.0. The Kier molecular flexibility index (Phi) is 7.22. The number of hydrogen-bond donors (Lipinski definition) is 0. The highest BCUT2D eigenvalue weighted by Crippen LogP contribution is 2.48. The van der Waals surface area contributed by atoms with Gasteiger partial charge in [-0.05, 0) is 77.4 Å². The Labute approximate surface area is 319 Å². The molecule has 0 spiro atoms. The molecule has 0 fully saturated rings. The van der Waals surface area contributed by atoms with Crippen molar-refractivity contribution in [2.24, 2.45) is 0 Å². The zero-order chi connectivity index (χ0) is 35.6. The highest BCUT2D eigenvalue weighted by molar-refractivity contribution is 7.27. The van der Waals surface area contributed by atoms with E-state index in [1.807, 2.05) is 53.0 Å². The van der Waals surface area contributed by atoms with Crippen molar-refractivity contribution in [3.63, 3.8) is 0 Å². The van der Waals surface area contributed by atoms with Gasteiger partial charge in [0.15, 0.2) is 5.58 Å². The van der Waals surface area contributed by atoms with Crippen LogP contribution in [0, 0.1) is 0 Å². The Morgan fingerprint density at radius 2 is 1.07 bits per heavy atom. The molecule has 0 unspecified atom stereocenters. The molecule has 0 N–H and O–H groups in total. The number of benzene rings is 8. The number of fused-ring (bicyclic) bond motifs is 8. The highest BCUT2D eigenvalue weighted by Gasteiger charge is 2.22. The van der Waals surface area contributed by atoms with Gasteiger partial charge >= 0.3 is 0 Å². The molecule has 11 rings (SSSR count). The molecule has 54 heavy (non-hydrogen) atoms. The molecule has 0 aliphatic heterocycles. The molecular formula is C49H30N2OS2. The number of aromatic nitrogens is 1. The Morgan fingerprint density at radius 1 is 0.444 bits per heavy atom. The van der Waals surface area contributed by atoms with Gasteiger partial charge in [0.2, 0.25) is 5.89 Å². The van der Waals surface area contributed by atoms with E-state index >= 15 is 0 Å². The third-order valence-electron chi connectivity index (χ3n) is 10.3. The summed E-state index contributed by atoms with van der Waals surface area (Å²) in [5.74, 6) is 0.637. The molecule has 3 aromatic heterocycles. The second-order valence-electron chi connectivity index (χ2n) is 13.5. The summed E-state index contributed by atoms with van der Waals surface area (Å²) < 4.78 is 11.5. The summed E-state index contributed by atoms with van der Waals surface area (Å²) in [5, 5.41) is 4.92. The van der Waals surface area contributed by atoms with Crippen LogP contribution >= 0.6 is 22.7 Å². The lowest BCUT2D eigenvalue weighted by molar-refractivity contribution is 0.620. The van der Waals surface area contributed by atoms with Crippen LogP contribution in [0.25, 0.3) is 85.2 Å². The third kappa shape index (κ3) is 5.05. The quantitative estimate of drug-likeness (QED) is 0.171. The van der Waals surface area contributed by atoms with Crippen LogP contribution < -0.4 is 4.90 Å². The van der Waals surface area contributed by atoms with Gasteiger partial charge in [0.25, 0.3) is 0 Å². The monoisotopic (exact) mass is 726 g/mol. The Balaban J connectivity index is 1.10. The fourth-order valence-electron chi connectivity index (χ4n) is 7.78. The minimum absolute atomic E-state index is 0.637. The molecule has 0 amide bonds. The minimum Gasteiger partial charge on any atom is -0.436 e. The second kappa shape index (κ2) is 12.6. The van der Waals surface area contributed by atoms with E-state index in [2.05, 4.69) is 157 Å². The van der Waals surface area contributed by atoms with Crippen molar-refractivity contribution >= 4 is 91.2 Å². The second-order valence-corrected chi connectivity index (χ2v) is 15.6. The van der Waals surface area contributed by atoms with E-state index in [1.54, 1.807) is 0 Å². The molecule has 11 aromatic rings. The summed E-state index contributed by atoms with van der Waals surface area (Å²) in [6.45, 7) is 0. The molecule has 0 atom stereocenters. The molecule has 0 saturated carbocycles. The van der Waals surface area contributed by atoms with Gasteiger partial charge in [-0.2, -0.15) is 0 Å². The smallest absolute Gasteiger partial charge is 0.227 e. The van der Waals surface area contributed by atoms with E-state index in [4.69, 9.17) is 9.40 Å². The molecular weight excluding hydrogens is 697 g/mol. The average molecular weight is 727 g/mol. The summed E-state index contributed by atoms with van der Waals surface area (Å²) >= 11 is 3.67. The Hall–Kier alpha value is -6.53. The first-order valence-corrected chi connectivity index (χ1v) is 19.7. The first-order chi connectivity index (χ1) is 26.8. The van der Waals surface area contributed by atoms with E-state index in [1.165, 1.54) is 46.1 Å². The van der Waals surface area contributed by atoms with Crippen molar-refractivity contribution in [2.75, 3.05) is 4.90 Å². The fourth-order valence-corrected chi connectivity index (χ4v) is 10.2. The fraction of sp³-hybridized carbons (Fsp3) is 0. The third-order valence-corrected chi connectivity index (χ3v) is 12.7. The SMILES string of the molecule is c1ccc(-c2cccc(N(c3ccc(-c4cc5oc(-c6ccccc6)nc5c5c4sc4ccccc45)cc3)c3cccc4c3sc3ccccc34)c2)cc1. The van der Waals surface area contributed by atoms with Crippen LogP contribution in [-0.2, 0) is 0 Å². The maximum absolute atomic E-state index is 6.52. The molecule has 3 nitrogen and oxygen atoms in total. The van der Waals surface area contributed by atoms with Gasteiger partial charge in [-0.1, -0.05) is 121 Å². The summed E-state index contributed by atoms with van der Waals surface area (Å²) in [6.07, 6.45) is 0. The topological polar surface area (TPSA) is 29.3 Å². The summed E-state index contributed by atoms with van der Waals surface area (Å²) in [5.41, 5.74) is 10.7. The maximum Gasteiger partial charge on any atom is 0.227 e. The lowest BCUT2D eigenvalue weighted by atomic mass is 10.0. The molecule has 0 bridgehead atoms. The van der Waals surface area contributed by atoms with E-state index in [-0.39, 0.29) is 0 Å². The highest BCUT2D eigenvalue weighted by atomic mass is 32.1. The molecule has 0 aliphatic carbocycles. The Bertz CT molecular complexity index is 3160. The zero-order valence-electron chi connectivity index (χ0n) is 28.9. The van der Waals surface area contributed by atoms with Gasteiger partial charge < -0.3 is 9.32 Å². The lowest BCUT2D eigenvalue weighted by Crippen LogP contribution is -2.10. The van der Waals surface area contributed by atoms with E-state index < -0.39 is 0 Å². The van der Waals surface area contributed by atoms with Crippen molar-refractivity contribution in [3.8, 4) is 33.7 Å². The number of hydrogen-bond acceptors (Lipinski definition) is 5. The molecule has 8 aromatic carbocycles. The number of rotatable bonds is 6.